The first-order chi connectivity index (χ1) is 8.61. The minimum atomic E-state index is 0. The first-order valence-electron chi connectivity index (χ1n) is 7.15. The smallest absolute Gasteiger partial charge is 0.0320 e. The summed E-state index contributed by atoms with van der Waals surface area (Å²) in [5.41, 5.74) is 8.61. The molecule has 2 nitrogen and oxygen atoms in total. The molecular weight excluding hydrogens is 256 g/mol. The highest BCUT2D eigenvalue weighted by molar-refractivity contribution is 5.85. The standard InChI is InChI=1S/C16H26N2.ClH/c1-12(2)15-4-6-16(7-5-15)13(3)18-9-8-14(10-17)11-18;/h4-7,12-14H,8-11,17H2,1-3H3;1H. The van der Waals surface area contributed by atoms with E-state index in [4.69, 9.17) is 5.73 Å². The van der Waals surface area contributed by atoms with E-state index in [0.717, 1.165) is 13.1 Å². The lowest BCUT2D eigenvalue weighted by molar-refractivity contribution is 0.253. The van der Waals surface area contributed by atoms with Crippen molar-refractivity contribution in [3.05, 3.63) is 35.4 Å². The van der Waals surface area contributed by atoms with Gasteiger partial charge >= 0.3 is 0 Å². The average molecular weight is 283 g/mol. The normalized spacial score (nSPS) is 21.4. The minimum Gasteiger partial charge on any atom is -0.330 e. The molecule has 0 saturated carbocycles. The Kier molecular flexibility index (Phi) is 6.31. The van der Waals surface area contributed by atoms with E-state index in [9.17, 15) is 0 Å². The monoisotopic (exact) mass is 282 g/mol. The van der Waals surface area contributed by atoms with Crippen LogP contribution in [0.25, 0.3) is 0 Å². The van der Waals surface area contributed by atoms with Crippen LogP contribution in [-0.2, 0) is 0 Å². The summed E-state index contributed by atoms with van der Waals surface area (Å²) in [5.74, 6) is 1.31. The maximum atomic E-state index is 5.76. The Hall–Kier alpha value is -0.570. The zero-order chi connectivity index (χ0) is 13.1. The molecule has 1 aromatic carbocycles. The van der Waals surface area contributed by atoms with Gasteiger partial charge in [0.25, 0.3) is 0 Å². The molecule has 0 aromatic heterocycles. The van der Waals surface area contributed by atoms with Crippen LogP contribution in [0.5, 0.6) is 0 Å². The molecular formula is C16H27ClN2. The lowest BCUT2D eigenvalue weighted by Gasteiger charge is -2.25. The van der Waals surface area contributed by atoms with E-state index in [1.165, 1.54) is 24.1 Å². The van der Waals surface area contributed by atoms with Gasteiger partial charge in [-0.25, -0.2) is 0 Å². The van der Waals surface area contributed by atoms with Crippen LogP contribution in [0.1, 0.15) is 50.3 Å². The predicted octanol–water partition coefficient (Wildman–Crippen LogP) is 3.57. The molecule has 0 amide bonds. The van der Waals surface area contributed by atoms with Gasteiger partial charge < -0.3 is 5.73 Å². The van der Waals surface area contributed by atoms with Gasteiger partial charge in [0.2, 0.25) is 0 Å². The van der Waals surface area contributed by atoms with Gasteiger partial charge in [0, 0.05) is 12.6 Å². The molecule has 2 unspecified atom stereocenters. The maximum absolute atomic E-state index is 5.76. The molecule has 1 fully saturated rings. The highest BCUT2D eigenvalue weighted by Crippen LogP contribution is 2.27. The summed E-state index contributed by atoms with van der Waals surface area (Å²) >= 11 is 0. The summed E-state index contributed by atoms with van der Waals surface area (Å²) in [4.78, 5) is 2.56. The molecule has 2 atom stereocenters. The lowest BCUT2D eigenvalue weighted by atomic mass is 9.99. The van der Waals surface area contributed by atoms with Crippen LogP contribution < -0.4 is 5.73 Å². The fraction of sp³-hybridized carbons (Fsp3) is 0.625. The Morgan fingerprint density at radius 2 is 1.74 bits per heavy atom. The van der Waals surface area contributed by atoms with Gasteiger partial charge in [-0.3, -0.25) is 4.90 Å². The SMILES string of the molecule is CC(C)c1ccc(C(C)N2CCC(CN)C2)cc1.Cl. The summed E-state index contributed by atoms with van der Waals surface area (Å²) in [6.07, 6.45) is 1.25. The van der Waals surface area contributed by atoms with Crippen LogP contribution in [0.2, 0.25) is 0 Å². The Bertz CT molecular complexity index is 375. The molecule has 0 bridgehead atoms. The van der Waals surface area contributed by atoms with Crippen molar-refractivity contribution >= 4 is 12.4 Å². The average Bonchev–Trinajstić information content (AvgIpc) is 2.86. The van der Waals surface area contributed by atoms with Gasteiger partial charge in [0.1, 0.15) is 0 Å². The number of rotatable bonds is 4. The third-order valence-electron chi connectivity index (χ3n) is 4.28. The summed E-state index contributed by atoms with van der Waals surface area (Å²) in [7, 11) is 0. The maximum Gasteiger partial charge on any atom is 0.0320 e. The van der Waals surface area contributed by atoms with Crippen LogP contribution >= 0.6 is 12.4 Å². The Balaban J connectivity index is 0.00000180. The van der Waals surface area contributed by atoms with E-state index in [1.54, 1.807) is 0 Å². The molecule has 0 aliphatic carbocycles. The fourth-order valence-electron chi connectivity index (χ4n) is 2.78. The molecule has 3 heteroatoms. The quantitative estimate of drug-likeness (QED) is 0.915. The number of hydrogen-bond donors (Lipinski definition) is 1. The van der Waals surface area contributed by atoms with Gasteiger partial charge in [0.15, 0.2) is 0 Å². The van der Waals surface area contributed by atoms with E-state index in [1.807, 2.05) is 0 Å². The van der Waals surface area contributed by atoms with Crippen molar-refractivity contribution in [1.29, 1.82) is 0 Å². The Morgan fingerprint density at radius 1 is 1.16 bits per heavy atom. The molecule has 0 spiro atoms. The summed E-state index contributed by atoms with van der Waals surface area (Å²) < 4.78 is 0. The zero-order valence-electron chi connectivity index (χ0n) is 12.3. The number of hydrogen-bond acceptors (Lipinski definition) is 2. The van der Waals surface area contributed by atoms with Gasteiger partial charge in [0.05, 0.1) is 0 Å². The van der Waals surface area contributed by atoms with Crippen molar-refractivity contribution in [3.63, 3.8) is 0 Å². The second-order valence-corrected chi connectivity index (χ2v) is 5.88. The second-order valence-electron chi connectivity index (χ2n) is 5.88. The van der Waals surface area contributed by atoms with Crippen molar-refractivity contribution in [3.8, 4) is 0 Å². The summed E-state index contributed by atoms with van der Waals surface area (Å²) in [6.45, 7) is 9.97. The Morgan fingerprint density at radius 3 is 2.21 bits per heavy atom. The first-order valence-corrected chi connectivity index (χ1v) is 7.15. The van der Waals surface area contributed by atoms with Crippen LogP contribution in [0.4, 0.5) is 0 Å². The van der Waals surface area contributed by atoms with Crippen LogP contribution in [0.3, 0.4) is 0 Å². The molecule has 1 saturated heterocycles. The highest BCUT2D eigenvalue weighted by atomic mass is 35.5. The van der Waals surface area contributed by atoms with E-state index in [2.05, 4.69) is 49.9 Å². The van der Waals surface area contributed by atoms with Crippen molar-refractivity contribution < 1.29 is 0 Å². The summed E-state index contributed by atoms with van der Waals surface area (Å²) in [6, 6.07) is 9.63. The summed E-state index contributed by atoms with van der Waals surface area (Å²) in [5, 5.41) is 0. The predicted molar refractivity (Wildman–Crippen MR) is 84.9 cm³/mol. The largest absolute Gasteiger partial charge is 0.330 e. The molecule has 1 aromatic rings. The lowest BCUT2D eigenvalue weighted by Crippen LogP contribution is -2.26. The van der Waals surface area contributed by atoms with E-state index >= 15 is 0 Å². The van der Waals surface area contributed by atoms with Crippen molar-refractivity contribution in [2.24, 2.45) is 11.7 Å². The van der Waals surface area contributed by atoms with Crippen molar-refractivity contribution in [1.82, 2.24) is 4.90 Å². The van der Waals surface area contributed by atoms with E-state index in [0.29, 0.717) is 17.9 Å². The number of likely N-dealkylation sites (tertiary alicyclic amines) is 1. The third-order valence-corrected chi connectivity index (χ3v) is 4.28. The number of halogens is 1. The van der Waals surface area contributed by atoms with Gasteiger partial charge in [-0.05, 0) is 49.4 Å². The molecule has 108 valence electrons. The number of nitrogens with two attached hydrogens (primary N) is 1. The van der Waals surface area contributed by atoms with Gasteiger partial charge in [-0.2, -0.15) is 0 Å². The highest BCUT2D eigenvalue weighted by Gasteiger charge is 2.25. The molecule has 2 N–H and O–H groups in total. The van der Waals surface area contributed by atoms with Crippen LogP contribution in [0, 0.1) is 5.92 Å². The zero-order valence-corrected chi connectivity index (χ0v) is 13.1. The topological polar surface area (TPSA) is 29.3 Å². The molecule has 1 aliphatic heterocycles. The second kappa shape index (κ2) is 7.28. The van der Waals surface area contributed by atoms with E-state index < -0.39 is 0 Å². The van der Waals surface area contributed by atoms with Crippen LogP contribution in [-0.4, -0.2) is 24.5 Å². The van der Waals surface area contributed by atoms with Crippen molar-refractivity contribution in [2.45, 2.75) is 39.2 Å². The number of benzene rings is 1. The molecule has 19 heavy (non-hydrogen) atoms. The molecule has 1 aliphatic rings. The van der Waals surface area contributed by atoms with Gasteiger partial charge in [-0.15, -0.1) is 12.4 Å². The molecule has 1 heterocycles. The van der Waals surface area contributed by atoms with E-state index in [-0.39, 0.29) is 12.4 Å². The van der Waals surface area contributed by atoms with Gasteiger partial charge in [-0.1, -0.05) is 38.1 Å². The molecule has 2 rings (SSSR count). The third kappa shape index (κ3) is 3.95. The van der Waals surface area contributed by atoms with Crippen molar-refractivity contribution in [2.75, 3.05) is 19.6 Å². The van der Waals surface area contributed by atoms with Crippen LogP contribution in [0.15, 0.2) is 24.3 Å². The number of nitrogens with zero attached hydrogens (tertiary/aromatic N) is 1. The minimum absolute atomic E-state index is 0. The Labute approximate surface area is 123 Å². The molecule has 0 radical (unpaired) electrons. The fourth-order valence-corrected chi connectivity index (χ4v) is 2.78. The first kappa shape index (κ1) is 16.5.